The highest BCUT2D eigenvalue weighted by atomic mass is 35.5. The second-order valence-corrected chi connectivity index (χ2v) is 3.35. The summed E-state index contributed by atoms with van der Waals surface area (Å²) in [5.74, 6) is 0. The van der Waals surface area contributed by atoms with Gasteiger partial charge in [0.25, 0.3) is 0 Å². The largest absolute Gasteiger partial charge is 0.360 e. The Labute approximate surface area is 88.9 Å². The van der Waals surface area contributed by atoms with E-state index in [1.165, 1.54) is 0 Å². The molecule has 0 radical (unpaired) electrons. The van der Waals surface area contributed by atoms with E-state index in [0.717, 1.165) is 16.1 Å². The summed E-state index contributed by atoms with van der Waals surface area (Å²) in [7, 11) is 1.55. The Morgan fingerprint density at radius 1 is 1.43 bits per heavy atom. The van der Waals surface area contributed by atoms with Crippen molar-refractivity contribution in [1.82, 2.24) is 5.48 Å². The smallest absolute Gasteiger partial charge is 0.119 e. The maximum absolute atomic E-state index is 5.83. The van der Waals surface area contributed by atoms with Gasteiger partial charge in [0.05, 0.1) is 13.7 Å². The number of nitrogens with one attached hydrogen (secondary N) is 1. The molecule has 0 unspecified atom stereocenters. The van der Waals surface area contributed by atoms with Gasteiger partial charge in [-0.05, 0) is 30.2 Å². The van der Waals surface area contributed by atoms with Crippen molar-refractivity contribution in [3.63, 3.8) is 0 Å². The SMILES string of the molecule is CONCOCc1ccc(Cl)cc1C. The molecule has 3 nitrogen and oxygen atoms in total. The van der Waals surface area contributed by atoms with Crippen LogP contribution in [0.15, 0.2) is 18.2 Å². The van der Waals surface area contributed by atoms with Crippen molar-refractivity contribution in [3.05, 3.63) is 34.3 Å². The highest BCUT2D eigenvalue weighted by Gasteiger charge is 1.98. The highest BCUT2D eigenvalue weighted by Crippen LogP contribution is 2.15. The summed E-state index contributed by atoms with van der Waals surface area (Å²) in [4.78, 5) is 4.63. The molecule has 4 heteroatoms. The first-order chi connectivity index (χ1) is 6.74. The number of hydroxylamine groups is 1. The lowest BCUT2D eigenvalue weighted by Crippen LogP contribution is -2.16. The summed E-state index contributed by atoms with van der Waals surface area (Å²) in [6, 6.07) is 5.74. The summed E-state index contributed by atoms with van der Waals surface area (Å²) in [6.45, 7) is 2.94. The lowest BCUT2D eigenvalue weighted by Gasteiger charge is -2.07. The number of rotatable bonds is 5. The number of hydrogen-bond acceptors (Lipinski definition) is 3. The number of benzene rings is 1. The van der Waals surface area contributed by atoms with Gasteiger partial charge in [0.1, 0.15) is 6.73 Å². The quantitative estimate of drug-likeness (QED) is 0.465. The summed E-state index contributed by atoms with van der Waals surface area (Å²) in [6.07, 6.45) is 0. The van der Waals surface area contributed by atoms with Crippen molar-refractivity contribution < 1.29 is 9.57 Å². The van der Waals surface area contributed by atoms with Crippen molar-refractivity contribution in [3.8, 4) is 0 Å². The molecule has 0 heterocycles. The molecule has 0 saturated carbocycles. The van der Waals surface area contributed by atoms with Crippen LogP contribution < -0.4 is 5.48 Å². The minimum absolute atomic E-state index is 0.374. The average molecular weight is 216 g/mol. The molecular weight excluding hydrogens is 202 g/mol. The van der Waals surface area contributed by atoms with Crippen molar-refractivity contribution in [2.45, 2.75) is 13.5 Å². The van der Waals surface area contributed by atoms with E-state index in [9.17, 15) is 0 Å². The first-order valence-corrected chi connectivity index (χ1v) is 4.70. The van der Waals surface area contributed by atoms with Crippen LogP contribution in [-0.4, -0.2) is 13.8 Å². The van der Waals surface area contributed by atoms with Crippen LogP contribution in [0.25, 0.3) is 0 Å². The first kappa shape index (κ1) is 11.5. The maximum Gasteiger partial charge on any atom is 0.119 e. The van der Waals surface area contributed by atoms with Gasteiger partial charge in [0, 0.05) is 5.02 Å². The molecule has 0 atom stereocenters. The first-order valence-electron chi connectivity index (χ1n) is 4.32. The van der Waals surface area contributed by atoms with Gasteiger partial charge >= 0.3 is 0 Å². The predicted molar refractivity (Wildman–Crippen MR) is 56.0 cm³/mol. The second kappa shape index (κ2) is 5.98. The normalized spacial score (nSPS) is 10.5. The minimum Gasteiger partial charge on any atom is -0.360 e. The third kappa shape index (κ3) is 3.64. The molecule has 1 rings (SSSR count). The van der Waals surface area contributed by atoms with E-state index in [2.05, 4.69) is 10.3 Å². The molecule has 0 saturated heterocycles. The summed E-state index contributed by atoms with van der Waals surface area (Å²) in [5.41, 5.74) is 4.87. The highest BCUT2D eigenvalue weighted by molar-refractivity contribution is 6.30. The molecule has 0 amide bonds. The van der Waals surface area contributed by atoms with Crippen LogP contribution in [-0.2, 0) is 16.2 Å². The van der Waals surface area contributed by atoms with Crippen LogP contribution in [0.3, 0.4) is 0 Å². The fourth-order valence-corrected chi connectivity index (χ4v) is 1.31. The number of hydrogen-bond donors (Lipinski definition) is 1. The van der Waals surface area contributed by atoms with Gasteiger partial charge < -0.3 is 9.57 Å². The van der Waals surface area contributed by atoms with Crippen molar-refractivity contribution in [2.24, 2.45) is 0 Å². The maximum atomic E-state index is 5.83. The van der Waals surface area contributed by atoms with Crippen LogP contribution in [0.5, 0.6) is 0 Å². The third-order valence-electron chi connectivity index (χ3n) is 1.87. The lowest BCUT2D eigenvalue weighted by atomic mass is 10.1. The Hall–Kier alpha value is -0.610. The van der Waals surface area contributed by atoms with Crippen LogP contribution in [0, 0.1) is 6.92 Å². The molecule has 0 spiro atoms. The molecule has 14 heavy (non-hydrogen) atoms. The van der Waals surface area contributed by atoms with Gasteiger partial charge in [-0.2, -0.15) is 5.48 Å². The summed E-state index contributed by atoms with van der Waals surface area (Å²) in [5, 5.41) is 0.751. The standard InChI is InChI=1S/C10H14ClNO2/c1-8-5-10(11)4-3-9(8)6-14-7-12-13-2/h3-5,12H,6-7H2,1-2H3. The Morgan fingerprint density at radius 2 is 2.21 bits per heavy atom. The molecule has 0 aromatic heterocycles. The summed E-state index contributed by atoms with van der Waals surface area (Å²) >= 11 is 5.83. The minimum atomic E-state index is 0.374. The Kier molecular flexibility index (Phi) is 4.90. The van der Waals surface area contributed by atoms with Crippen LogP contribution in [0.4, 0.5) is 0 Å². The zero-order valence-electron chi connectivity index (χ0n) is 8.34. The third-order valence-corrected chi connectivity index (χ3v) is 2.10. The predicted octanol–water partition coefficient (Wildman–Crippen LogP) is 2.27. The van der Waals surface area contributed by atoms with E-state index in [1.807, 2.05) is 25.1 Å². The second-order valence-electron chi connectivity index (χ2n) is 2.91. The Morgan fingerprint density at radius 3 is 2.86 bits per heavy atom. The molecule has 0 aliphatic rings. The zero-order valence-corrected chi connectivity index (χ0v) is 9.10. The van der Waals surface area contributed by atoms with Crippen molar-refractivity contribution >= 4 is 11.6 Å². The molecule has 0 aliphatic heterocycles. The van der Waals surface area contributed by atoms with Crippen molar-refractivity contribution in [2.75, 3.05) is 13.8 Å². The van der Waals surface area contributed by atoms with Gasteiger partial charge in [-0.1, -0.05) is 17.7 Å². The number of aryl methyl sites for hydroxylation is 1. The van der Waals surface area contributed by atoms with Crippen molar-refractivity contribution in [1.29, 1.82) is 0 Å². The molecule has 1 aromatic rings. The fourth-order valence-electron chi connectivity index (χ4n) is 1.08. The van der Waals surface area contributed by atoms with E-state index in [-0.39, 0.29) is 0 Å². The molecule has 0 bridgehead atoms. The Balaban J connectivity index is 2.42. The molecular formula is C10H14ClNO2. The van der Waals surface area contributed by atoms with Gasteiger partial charge in [-0.15, -0.1) is 0 Å². The van der Waals surface area contributed by atoms with Gasteiger partial charge in [0.15, 0.2) is 0 Å². The van der Waals surface area contributed by atoms with Gasteiger partial charge in [-0.3, -0.25) is 0 Å². The average Bonchev–Trinajstić information content (AvgIpc) is 2.15. The van der Waals surface area contributed by atoms with Crippen LogP contribution >= 0.6 is 11.6 Å². The van der Waals surface area contributed by atoms with E-state index in [1.54, 1.807) is 7.11 Å². The van der Waals surface area contributed by atoms with Crippen LogP contribution in [0.1, 0.15) is 11.1 Å². The van der Waals surface area contributed by atoms with E-state index in [4.69, 9.17) is 16.3 Å². The number of ether oxygens (including phenoxy) is 1. The topological polar surface area (TPSA) is 30.5 Å². The van der Waals surface area contributed by atoms with Crippen LogP contribution in [0.2, 0.25) is 5.02 Å². The molecule has 1 N–H and O–H groups in total. The van der Waals surface area contributed by atoms with E-state index < -0.39 is 0 Å². The fraction of sp³-hybridized carbons (Fsp3) is 0.400. The van der Waals surface area contributed by atoms with Gasteiger partial charge in [0.2, 0.25) is 0 Å². The molecule has 0 aliphatic carbocycles. The van der Waals surface area contributed by atoms with Gasteiger partial charge in [-0.25, -0.2) is 0 Å². The van der Waals surface area contributed by atoms with E-state index >= 15 is 0 Å². The van der Waals surface area contributed by atoms with E-state index in [0.29, 0.717) is 13.3 Å². The number of halogens is 1. The zero-order chi connectivity index (χ0) is 10.4. The Bertz CT molecular complexity index is 291. The molecule has 1 aromatic carbocycles. The molecule has 78 valence electrons. The molecule has 0 fully saturated rings. The monoisotopic (exact) mass is 215 g/mol. The summed E-state index contributed by atoms with van der Waals surface area (Å²) < 4.78 is 5.30. The lowest BCUT2D eigenvalue weighted by molar-refractivity contribution is -0.0132.